The van der Waals surface area contributed by atoms with Crippen LogP contribution in [0.15, 0.2) is 30.3 Å². The highest BCUT2D eigenvalue weighted by Crippen LogP contribution is 2.48. The topological polar surface area (TPSA) is 102 Å². The molecule has 2 amide bonds. The third kappa shape index (κ3) is 2.64. The number of fused-ring (bicyclic) bond motifs is 2. The maximum absolute atomic E-state index is 12.5. The number of likely N-dealkylation sites (tertiary alicyclic amines) is 1. The molecule has 4 rings (SSSR count). The molecule has 1 aromatic heterocycles. The second kappa shape index (κ2) is 6.16. The molecule has 1 aliphatic heterocycles. The van der Waals surface area contributed by atoms with Crippen molar-refractivity contribution in [1.82, 2.24) is 15.2 Å². The zero-order chi connectivity index (χ0) is 18.3. The van der Waals surface area contributed by atoms with Crippen molar-refractivity contribution in [2.75, 3.05) is 19.6 Å². The van der Waals surface area contributed by atoms with E-state index in [1.165, 1.54) is 0 Å². The van der Waals surface area contributed by atoms with Gasteiger partial charge in [-0.05, 0) is 30.9 Å². The Morgan fingerprint density at radius 3 is 2.85 bits per heavy atom. The Labute approximate surface area is 150 Å². The van der Waals surface area contributed by atoms with Crippen LogP contribution >= 0.6 is 0 Å². The van der Waals surface area contributed by atoms with Crippen LogP contribution in [0.4, 0.5) is 0 Å². The van der Waals surface area contributed by atoms with Crippen LogP contribution in [0.1, 0.15) is 29.8 Å². The lowest BCUT2D eigenvalue weighted by molar-refractivity contribution is -0.149. The molecule has 3 N–H and O–H groups in total. The smallest absolute Gasteiger partial charge is 0.311 e. The Hall–Kier alpha value is -2.83. The lowest BCUT2D eigenvalue weighted by Gasteiger charge is -2.23. The number of aromatic nitrogens is 1. The number of rotatable bonds is 4. The Morgan fingerprint density at radius 2 is 2.12 bits per heavy atom. The number of carbonyl (C=O) groups excluding carboxylic acids is 2. The first-order chi connectivity index (χ1) is 12.5. The van der Waals surface area contributed by atoms with Crippen molar-refractivity contribution in [2.45, 2.75) is 19.3 Å². The van der Waals surface area contributed by atoms with Gasteiger partial charge >= 0.3 is 5.97 Å². The molecule has 2 aliphatic rings. The van der Waals surface area contributed by atoms with E-state index in [0.29, 0.717) is 18.7 Å². The van der Waals surface area contributed by atoms with Gasteiger partial charge in [-0.25, -0.2) is 0 Å². The average molecular weight is 355 g/mol. The van der Waals surface area contributed by atoms with Crippen LogP contribution in [0, 0.1) is 11.3 Å². The van der Waals surface area contributed by atoms with E-state index < -0.39 is 11.4 Å². The quantitative estimate of drug-likeness (QED) is 0.775. The van der Waals surface area contributed by atoms with Crippen molar-refractivity contribution in [3.63, 3.8) is 0 Å². The number of nitrogens with one attached hydrogen (secondary N) is 2. The highest BCUT2D eigenvalue weighted by atomic mass is 16.4. The zero-order valence-electron chi connectivity index (χ0n) is 14.3. The number of hydrogen-bond donors (Lipinski definition) is 3. The molecular weight excluding hydrogens is 334 g/mol. The van der Waals surface area contributed by atoms with Crippen molar-refractivity contribution in [1.29, 1.82) is 0 Å². The molecule has 1 aliphatic carbocycles. The van der Waals surface area contributed by atoms with Crippen LogP contribution in [-0.2, 0) is 9.59 Å². The first-order valence-electron chi connectivity index (χ1n) is 8.87. The number of aliphatic carboxylic acids is 1. The standard InChI is InChI=1S/C19H21N3O4/c23-16(22-10-13-5-3-7-19(13,11-22)18(25)26)9-20-17(24)15-8-12-4-1-2-6-14(12)21-15/h1-2,4,6,8,13,21H,3,5,7,9-11H2,(H,20,24)(H,25,26). The molecule has 7 nitrogen and oxygen atoms in total. The Morgan fingerprint density at radius 1 is 1.31 bits per heavy atom. The summed E-state index contributed by atoms with van der Waals surface area (Å²) in [4.78, 5) is 41.1. The van der Waals surface area contributed by atoms with E-state index >= 15 is 0 Å². The summed E-state index contributed by atoms with van der Waals surface area (Å²) in [7, 11) is 0. The fourth-order valence-electron chi connectivity index (χ4n) is 4.39. The van der Waals surface area contributed by atoms with Gasteiger partial charge in [-0.1, -0.05) is 24.6 Å². The molecule has 0 spiro atoms. The number of nitrogens with zero attached hydrogens (tertiary/aromatic N) is 1. The van der Waals surface area contributed by atoms with Gasteiger partial charge in [0.2, 0.25) is 5.91 Å². The summed E-state index contributed by atoms with van der Waals surface area (Å²) in [5.41, 5.74) is 0.468. The molecule has 0 bridgehead atoms. The summed E-state index contributed by atoms with van der Waals surface area (Å²) in [5.74, 6) is -1.36. The lowest BCUT2D eigenvalue weighted by Crippen LogP contribution is -2.41. The number of carboxylic acids is 1. The van der Waals surface area contributed by atoms with Gasteiger partial charge in [0, 0.05) is 24.0 Å². The van der Waals surface area contributed by atoms with Crippen molar-refractivity contribution >= 4 is 28.7 Å². The Balaban J connectivity index is 1.38. The third-order valence-corrected chi connectivity index (χ3v) is 5.82. The van der Waals surface area contributed by atoms with E-state index in [4.69, 9.17) is 0 Å². The molecule has 26 heavy (non-hydrogen) atoms. The number of H-pyrrole nitrogens is 1. The molecule has 1 saturated carbocycles. The van der Waals surface area contributed by atoms with Crippen molar-refractivity contribution in [3.05, 3.63) is 36.0 Å². The first-order valence-corrected chi connectivity index (χ1v) is 8.87. The first kappa shape index (κ1) is 16.6. The summed E-state index contributed by atoms with van der Waals surface area (Å²) in [6.07, 6.45) is 2.37. The Kier molecular flexibility index (Phi) is 3.94. The lowest BCUT2D eigenvalue weighted by atomic mass is 9.81. The fourth-order valence-corrected chi connectivity index (χ4v) is 4.39. The van der Waals surface area contributed by atoms with Crippen LogP contribution in [0.25, 0.3) is 10.9 Å². The predicted molar refractivity (Wildman–Crippen MR) is 94.6 cm³/mol. The second-order valence-corrected chi connectivity index (χ2v) is 7.28. The van der Waals surface area contributed by atoms with Crippen LogP contribution in [0.5, 0.6) is 0 Å². The van der Waals surface area contributed by atoms with Crippen molar-refractivity contribution < 1.29 is 19.5 Å². The second-order valence-electron chi connectivity index (χ2n) is 7.28. The van der Waals surface area contributed by atoms with Gasteiger partial charge in [-0.15, -0.1) is 0 Å². The van der Waals surface area contributed by atoms with Crippen molar-refractivity contribution in [3.8, 4) is 0 Å². The van der Waals surface area contributed by atoms with E-state index in [-0.39, 0.29) is 30.8 Å². The van der Waals surface area contributed by atoms with E-state index in [0.717, 1.165) is 23.7 Å². The van der Waals surface area contributed by atoms with Gasteiger partial charge in [-0.3, -0.25) is 14.4 Å². The Bertz CT molecular complexity index is 857. The number of para-hydroxylation sites is 1. The summed E-state index contributed by atoms with van der Waals surface area (Å²) in [6.45, 7) is 0.581. The van der Waals surface area contributed by atoms with Crippen LogP contribution in [0.3, 0.4) is 0 Å². The minimum Gasteiger partial charge on any atom is -0.481 e. The molecule has 2 heterocycles. The average Bonchev–Trinajstić information content (AvgIpc) is 3.30. The van der Waals surface area contributed by atoms with Gasteiger partial charge in [0.25, 0.3) is 5.91 Å². The summed E-state index contributed by atoms with van der Waals surface area (Å²) < 4.78 is 0. The molecular formula is C19H21N3O4. The minimum atomic E-state index is -0.808. The molecule has 1 saturated heterocycles. The summed E-state index contributed by atoms with van der Waals surface area (Å²) >= 11 is 0. The monoisotopic (exact) mass is 355 g/mol. The largest absolute Gasteiger partial charge is 0.481 e. The van der Waals surface area contributed by atoms with Gasteiger partial charge in [-0.2, -0.15) is 0 Å². The summed E-state index contributed by atoms with van der Waals surface area (Å²) in [5, 5.41) is 13.2. The number of hydrogen-bond acceptors (Lipinski definition) is 3. The molecule has 136 valence electrons. The van der Waals surface area contributed by atoms with Crippen LogP contribution < -0.4 is 5.32 Å². The van der Waals surface area contributed by atoms with Crippen molar-refractivity contribution in [2.24, 2.45) is 11.3 Å². The highest BCUT2D eigenvalue weighted by molar-refractivity contribution is 5.99. The maximum Gasteiger partial charge on any atom is 0.311 e. The van der Waals surface area contributed by atoms with Crippen LogP contribution in [0.2, 0.25) is 0 Å². The summed E-state index contributed by atoms with van der Waals surface area (Å²) in [6, 6.07) is 9.30. The molecule has 1 aromatic carbocycles. The van der Waals surface area contributed by atoms with E-state index in [1.807, 2.05) is 24.3 Å². The molecule has 2 atom stereocenters. The number of amides is 2. The number of aromatic amines is 1. The van der Waals surface area contributed by atoms with E-state index in [2.05, 4.69) is 10.3 Å². The molecule has 7 heteroatoms. The molecule has 2 fully saturated rings. The SMILES string of the molecule is O=C(NCC(=O)N1CC2CCCC2(C(=O)O)C1)c1cc2ccccc2[nH]1. The number of benzene rings is 1. The number of carbonyl (C=O) groups is 3. The van der Waals surface area contributed by atoms with Gasteiger partial charge < -0.3 is 20.3 Å². The van der Waals surface area contributed by atoms with Gasteiger partial charge in [0.1, 0.15) is 5.69 Å². The molecule has 0 radical (unpaired) electrons. The predicted octanol–water partition coefficient (Wildman–Crippen LogP) is 1.61. The molecule has 2 aromatic rings. The normalized spacial score (nSPS) is 24.6. The zero-order valence-corrected chi connectivity index (χ0v) is 14.3. The fraction of sp³-hybridized carbons (Fsp3) is 0.421. The molecule has 2 unspecified atom stereocenters. The number of carboxylic acid groups (broad SMARTS) is 1. The minimum absolute atomic E-state index is 0.0216. The van der Waals surface area contributed by atoms with E-state index in [1.54, 1.807) is 11.0 Å². The van der Waals surface area contributed by atoms with Gasteiger partial charge in [0.15, 0.2) is 0 Å². The maximum atomic E-state index is 12.5. The highest BCUT2D eigenvalue weighted by Gasteiger charge is 2.55. The van der Waals surface area contributed by atoms with Crippen LogP contribution in [-0.4, -0.2) is 52.4 Å². The van der Waals surface area contributed by atoms with Gasteiger partial charge in [0.05, 0.1) is 12.0 Å². The third-order valence-electron chi connectivity index (χ3n) is 5.82. The van der Waals surface area contributed by atoms with E-state index in [9.17, 15) is 19.5 Å².